The van der Waals surface area contributed by atoms with Crippen LogP contribution in [0, 0.1) is 5.92 Å². The van der Waals surface area contributed by atoms with E-state index in [4.69, 9.17) is 9.84 Å². The molecule has 2 N–H and O–H groups in total. The van der Waals surface area contributed by atoms with Crippen molar-refractivity contribution in [1.29, 1.82) is 0 Å². The van der Waals surface area contributed by atoms with Crippen LogP contribution in [0.2, 0.25) is 0 Å². The Balaban J connectivity index is 1.97. The molecule has 0 bridgehead atoms. The molecular weight excluding hydrogens is 232 g/mol. The number of carbonyl (C=O) groups is 1. The first-order valence-electron chi connectivity index (χ1n) is 6.88. The smallest absolute Gasteiger partial charge is 0.240 e. The van der Waals surface area contributed by atoms with Gasteiger partial charge in [0.1, 0.15) is 0 Å². The van der Waals surface area contributed by atoms with E-state index in [9.17, 15) is 4.79 Å². The maximum Gasteiger partial charge on any atom is 0.240 e. The molecule has 2 heterocycles. The van der Waals surface area contributed by atoms with Crippen LogP contribution in [0.1, 0.15) is 26.7 Å². The standard InChI is InChI=1S/C13H24N2O3/c1-9-3-4-14-12(5-9)13(17)15-6-11(7-16)18-8-10(15)2/h9-12,14,16H,3-8H2,1-2H3. The van der Waals surface area contributed by atoms with Gasteiger partial charge in [-0.15, -0.1) is 0 Å². The fourth-order valence-electron chi connectivity index (χ4n) is 2.73. The van der Waals surface area contributed by atoms with Gasteiger partial charge in [0.15, 0.2) is 0 Å². The van der Waals surface area contributed by atoms with Crippen molar-refractivity contribution in [3.8, 4) is 0 Å². The predicted octanol–water partition coefficient (Wildman–Crippen LogP) is -0.0173. The molecule has 2 fully saturated rings. The van der Waals surface area contributed by atoms with Crippen molar-refractivity contribution in [2.75, 3.05) is 26.3 Å². The molecule has 0 aliphatic carbocycles. The molecule has 2 rings (SSSR count). The van der Waals surface area contributed by atoms with Gasteiger partial charge in [-0.05, 0) is 32.2 Å². The molecule has 2 aliphatic rings. The van der Waals surface area contributed by atoms with Crippen LogP contribution in [0.4, 0.5) is 0 Å². The molecule has 5 nitrogen and oxygen atoms in total. The van der Waals surface area contributed by atoms with Crippen LogP contribution in [0.5, 0.6) is 0 Å². The van der Waals surface area contributed by atoms with Crippen molar-refractivity contribution >= 4 is 5.91 Å². The maximum absolute atomic E-state index is 12.5. The molecule has 4 unspecified atom stereocenters. The Morgan fingerprint density at radius 1 is 1.50 bits per heavy atom. The minimum atomic E-state index is -0.230. The lowest BCUT2D eigenvalue weighted by molar-refractivity contribution is -0.149. The van der Waals surface area contributed by atoms with Crippen molar-refractivity contribution in [3.63, 3.8) is 0 Å². The van der Waals surface area contributed by atoms with Gasteiger partial charge in [-0.2, -0.15) is 0 Å². The molecule has 5 heteroatoms. The van der Waals surface area contributed by atoms with Gasteiger partial charge in [0.25, 0.3) is 0 Å². The van der Waals surface area contributed by atoms with Crippen LogP contribution >= 0.6 is 0 Å². The highest BCUT2D eigenvalue weighted by Crippen LogP contribution is 2.19. The van der Waals surface area contributed by atoms with Gasteiger partial charge in [-0.25, -0.2) is 0 Å². The topological polar surface area (TPSA) is 61.8 Å². The van der Waals surface area contributed by atoms with E-state index >= 15 is 0 Å². The van der Waals surface area contributed by atoms with Gasteiger partial charge >= 0.3 is 0 Å². The second kappa shape index (κ2) is 5.99. The molecule has 0 radical (unpaired) electrons. The van der Waals surface area contributed by atoms with Gasteiger partial charge in [0, 0.05) is 6.54 Å². The fourth-order valence-corrected chi connectivity index (χ4v) is 2.73. The number of carbonyl (C=O) groups excluding carboxylic acids is 1. The van der Waals surface area contributed by atoms with Gasteiger partial charge in [-0.1, -0.05) is 6.92 Å². The second-order valence-electron chi connectivity index (χ2n) is 5.61. The Labute approximate surface area is 108 Å². The summed E-state index contributed by atoms with van der Waals surface area (Å²) >= 11 is 0. The average molecular weight is 256 g/mol. The van der Waals surface area contributed by atoms with Crippen molar-refractivity contribution in [2.24, 2.45) is 5.92 Å². The van der Waals surface area contributed by atoms with Crippen LogP contribution in [0.25, 0.3) is 0 Å². The third kappa shape index (κ3) is 3.02. The SMILES string of the molecule is CC1CCNC(C(=O)N2CC(CO)OCC2C)C1. The molecule has 18 heavy (non-hydrogen) atoms. The van der Waals surface area contributed by atoms with E-state index in [1.807, 2.05) is 11.8 Å². The van der Waals surface area contributed by atoms with E-state index < -0.39 is 0 Å². The molecule has 0 spiro atoms. The molecular formula is C13H24N2O3. The highest BCUT2D eigenvalue weighted by molar-refractivity contribution is 5.82. The number of nitrogens with one attached hydrogen (secondary N) is 1. The first-order valence-corrected chi connectivity index (χ1v) is 6.88. The van der Waals surface area contributed by atoms with Crippen LogP contribution < -0.4 is 5.32 Å². The van der Waals surface area contributed by atoms with Crippen LogP contribution in [-0.2, 0) is 9.53 Å². The maximum atomic E-state index is 12.5. The lowest BCUT2D eigenvalue weighted by Gasteiger charge is -2.40. The highest BCUT2D eigenvalue weighted by atomic mass is 16.5. The zero-order valence-electron chi connectivity index (χ0n) is 11.3. The van der Waals surface area contributed by atoms with Crippen molar-refractivity contribution in [2.45, 2.75) is 44.9 Å². The van der Waals surface area contributed by atoms with Crippen LogP contribution in [0.3, 0.4) is 0 Å². The summed E-state index contributed by atoms with van der Waals surface area (Å²) in [5, 5.41) is 12.5. The Kier molecular flexibility index (Phi) is 4.59. The van der Waals surface area contributed by atoms with E-state index in [0.29, 0.717) is 19.1 Å². The van der Waals surface area contributed by atoms with Gasteiger partial charge in [0.05, 0.1) is 31.4 Å². The molecule has 2 saturated heterocycles. The fraction of sp³-hybridized carbons (Fsp3) is 0.923. The molecule has 4 atom stereocenters. The molecule has 104 valence electrons. The largest absolute Gasteiger partial charge is 0.394 e. The first-order chi connectivity index (χ1) is 8.61. The van der Waals surface area contributed by atoms with Gasteiger partial charge in [-0.3, -0.25) is 4.79 Å². The van der Waals surface area contributed by atoms with Crippen LogP contribution in [0.15, 0.2) is 0 Å². The van der Waals surface area contributed by atoms with Gasteiger partial charge < -0.3 is 20.1 Å². The molecule has 0 aromatic heterocycles. The molecule has 0 saturated carbocycles. The predicted molar refractivity (Wildman–Crippen MR) is 68.2 cm³/mol. The number of piperidine rings is 1. The molecule has 2 aliphatic heterocycles. The third-order valence-electron chi connectivity index (χ3n) is 3.96. The van der Waals surface area contributed by atoms with E-state index in [1.165, 1.54) is 0 Å². The van der Waals surface area contributed by atoms with E-state index in [0.717, 1.165) is 19.4 Å². The third-order valence-corrected chi connectivity index (χ3v) is 3.96. The number of morpholine rings is 1. The second-order valence-corrected chi connectivity index (χ2v) is 5.61. The van der Waals surface area contributed by atoms with Crippen molar-refractivity contribution in [1.82, 2.24) is 10.2 Å². The van der Waals surface area contributed by atoms with Crippen LogP contribution in [-0.4, -0.2) is 60.4 Å². The minimum Gasteiger partial charge on any atom is -0.394 e. The summed E-state index contributed by atoms with van der Waals surface area (Å²) in [5.74, 6) is 0.765. The summed E-state index contributed by atoms with van der Waals surface area (Å²) in [6.07, 6.45) is 1.82. The Morgan fingerprint density at radius 3 is 2.94 bits per heavy atom. The summed E-state index contributed by atoms with van der Waals surface area (Å²) in [5.41, 5.74) is 0. The molecule has 0 aromatic carbocycles. The minimum absolute atomic E-state index is 0.0228. The summed E-state index contributed by atoms with van der Waals surface area (Å²) in [7, 11) is 0. The Hall–Kier alpha value is -0.650. The summed E-state index contributed by atoms with van der Waals surface area (Å²) in [6, 6.07) is 0.0352. The lowest BCUT2D eigenvalue weighted by Crippen LogP contribution is -2.58. The zero-order chi connectivity index (χ0) is 13.1. The molecule has 1 amide bonds. The highest BCUT2D eigenvalue weighted by Gasteiger charge is 2.34. The Morgan fingerprint density at radius 2 is 2.28 bits per heavy atom. The number of hydrogen-bond acceptors (Lipinski definition) is 4. The number of amides is 1. The monoisotopic (exact) mass is 256 g/mol. The number of rotatable bonds is 2. The number of hydrogen-bond donors (Lipinski definition) is 2. The van der Waals surface area contributed by atoms with E-state index in [-0.39, 0.29) is 30.7 Å². The Bertz CT molecular complexity index is 298. The first kappa shape index (κ1) is 13.8. The van der Waals surface area contributed by atoms with Crippen molar-refractivity contribution < 1.29 is 14.6 Å². The lowest BCUT2D eigenvalue weighted by atomic mass is 9.93. The number of ether oxygens (including phenoxy) is 1. The molecule has 0 aromatic rings. The van der Waals surface area contributed by atoms with Crippen molar-refractivity contribution in [3.05, 3.63) is 0 Å². The summed E-state index contributed by atoms with van der Waals surface area (Å²) in [4.78, 5) is 14.4. The quantitative estimate of drug-likeness (QED) is 0.729. The summed E-state index contributed by atoms with van der Waals surface area (Å²) < 4.78 is 5.46. The van der Waals surface area contributed by atoms with Gasteiger partial charge in [0.2, 0.25) is 5.91 Å². The van der Waals surface area contributed by atoms with E-state index in [1.54, 1.807) is 0 Å². The number of nitrogens with zero attached hydrogens (tertiary/aromatic N) is 1. The zero-order valence-corrected chi connectivity index (χ0v) is 11.3. The average Bonchev–Trinajstić information content (AvgIpc) is 2.38. The summed E-state index contributed by atoms with van der Waals surface area (Å²) in [6.45, 7) is 6.10. The normalized spacial score (nSPS) is 37.6. The number of aliphatic hydroxyl groups excluding tert-OH is 1. The van der Waals surface area contributed by atoms with E-state index in [2.05, 4.69) is 12.2 Å². The number of aliphatic hydroxyl groups is 1.